The van der Waals surface area contributed by atoms with Crippen molar-refractivity contribution in [2.24, 2.45) is 7.05 Å². The maximum atomic E-state index is 12.5. The molecule has 1 unspecified atom stereocenters. The van der Waals surface area contributed by atoms with Crippen molar-refractivity contribution in [2.45, 2.75) is 25.0 Å². The van der Waals surface area contributed by atoms with Gasteiger partial charge in [0.05, 0.1) is 21.3 Å². The van der Waals surface area contributed by atoms with Crippen molar-refractivity contribution in [3.05, 3.63) is 70.5 Å². The highest BCUT2D eigenvalue weighted by molar-refractivity contribution is 7.17. The van der Waals surface area contributed by atoms with E-state index in [1.54, 1.807) is 11.3 Å². The van der Waals surface area contributed by atoms with Gasteiger partial charge in [-0.05, 0) is 48.6 Å². The van der Waals surface area contributed by atoms with Crippen LogP contribution in [0, 0.1) is 0 Å². The van der Waals surface area contributed by atoms with Crippen LogP contribution in [-0.4, -0.2) is 61.7 Å². The van der Waals surface area contributed by atoms with Crippen LogP contribution in [0.1, 0.15) is 18.9 Å². The van der Waals surface area contributed by atoms with Crippen LogP contribution >= 0.6 is 11.3 Å². The van der Waals surface area contributed by atoms with Gasteiger partial charge < -0.3 is 19.7 Å². The van der Waals surface area contributed by atoms with Crippen molar-refractivity contribution in [3.63, 3.8) is 0 Å². The number of benzene rings is 2. The second kappa shape index (κ2) is 9.57. The minimum absolute atomic E-state index is 0.0455. The van der Waals surface area contributed by atoms with Crippen LogP contribution in [0.5, 0.6) is 5.75 Å². The van der Waals surface area contributed by atoms with Crippen LogP contribution in [0.3, 0.4) is 0 Å². The molecule has 8 nitrogen and oxygen atoms in total. The monoisotopic (exact) mass is 503 g/mol. The molecule has 1 atom stereocenters. The molecule has 4 heterocycles. The van der Waals surface area contributed by atoms with Crippen LogP contribution in [-0.2, 0) is 7.05 Å². The summed E-state index contributed by atoms with van der Waals surface area (Å²) in [6.07, 6.45) is 1.15. The Morgan fingerprint density at radius 1 is 1.14 bits per heavy atom. The molecule has 36 heavy (non-hydrogen) atoms. The van der Waals surface area contributed by atoms with Crippen LogP contribution in [0.25, 0.3) is 32.5 Å². The number of aromatic amines is 1. The van der Waals surface area contributed by atoms with Crippen LogP contribution in [0.2, 0.25) is 0 Å². The quantitative estimate of drug-likeness (QED) is 0.350. The van der Waals surface area contributed by atoms with Gasteiger partial charge in [-0.2, -0.15) is 5.10 Å². The number of nitrogens with one attached hydrogen (secondary N) is 1. The van der Waals surface area contributed by atoms with E-state index < -0.39 is 6.10 Å². The first kappa shape index (κ1) is 23.0. The summed E-state index contributed by atoms with van der Waals surface area (Å²) in [4.78, 5) is 17.7. The summed E-state index contributed by atoms with van der Waals surface area (Å²) in [5.74, 6) is 0.722. The fraction of sp³-hybridized carbons (Fsp3) is 0.333. The number of thiophene rings is 1. The average Bonchev–Trinajstić information content (AvgIpc) is 3.58. The lowest BCUT2D eigenvalue weighted by Gasteiger charge is -2.33. The number of imidazole rings is 1. The number of para-hydroxylation sites is 2. The number of rotatable bonds is 7. The fourth-order valence-corrected chi connectivity index (χ4v) is 6.17. The van der Waals surface area contributed by atoms with E-state index in [1.165, 1.54) is 0 Å². The third kappa shape index (κ3) is 4.34. The highest BCUT2D eigenvalue weighted by atomic mass is 32.1. The normalized spacial score (nSPS) is 16.2. The molecular formula is C27H29N5O3S. The summed E-state index contributed by atoms with van der Waals surface area (Å²) in [5, 5.41) is 17.4. The number of aliphatic hydroxyl groups is 1. The third-order valence-corrected chi connectivity index (χ3v) is 7.93. The number of β-amino-alcohol motifs (C(OH)–C–C–N with tert-alkyl or cyclic N) is 1. The molecule has 9 heteroatoms. The lowest BCUT2D eigenvalue weighted by atomic mass is 10.0. The topological polar surface area (TPSA) is 88.3 Å². The number of piperidine rings is 1. The third-order valence-electron chi connectivity index (χ3n) is 7.02. The highest BCUT2D eigenvalue weighted by Gasteiger charge is 2.25. The van der Waals surface area contributed by atoms with Crippen LogP contribution in [0.15, 0.2) is 64.8 Å². The zero-order valence-electron chi connectivity index (χ0n) is 20.1. The van der Waals surface area contributed by atoms with Gasteiger partial charge in [0.1, 0.15) is 24.2 Å². The van der Waals surface area contributed by atoms with E-state index in [0.717, 1.165) is 64.2 Å². The smallest absolute Gasteiger partial charge is 0.326 e. The van der Waals surface area contributed by atoms with Crippen LogP contribution < -0.4 is 10.4 Å². The molecule has 1 saturated heterocycles. The number of likely N-dealkylation sites (tertiary alicyclic amines) is 1. The van der Waals surface area contributed by atoms with Gasteiger partial charge in [-0.25, -0.2) is 4.79 Å². The lowest BCUT2D eigenvalue weighted by molar-refractivity contribution is 0.0559. The first-order valence-electron chi connectivity index (χ1n) is 12.3. The molecule has 5 aromatic rings. The molecular weight excluding hydrogens is 474 g/mol. The number of hydrogen-bond donors (Lipinski definition) is 2. The molecule has 0 amide bonds. The van der Waals surface area contributed by atoms with Crippen molar-refractivity contribution in [2.75, 3.05) is 26.2 Å². The first-order chi connectivity index (χ1) is 17.6. The molecule has 6 rings (SSSR count). The van der Waals surface area contributed by atoms with Gasteiger partial charge in [-0.3, -0.25) is 9.25 Å². The molecule has 0 bridgehead atoms. The summed E-state index contributed by atoms with van der Waals surface area (Å²) in [6, 6.07) is 18.0. The van der Waals surface area contributed by atoms with E-state index >= 15 is 0 Å². The average molecular weight is 504 g/mol. The minimum atomic E-state index is -0.597. The molecule has 0 radical (unpaired) electrons. The number of ether oxygens (including phenoxy) is 1. The molecule has 1 aliphatic heterocycles. The van der Waals surface area contributed by atoms with Gasteiger partial charge >= 0.3 is 5.69 Å². The molecule has 2 aromatic carbocycles. The van der Waals surface area contributed by atoms with Crippen molar-refractivity contribution < 1.29 is 9.84 Å². The molecule has 1 aliphatic rings. The van der Waals surface area contributed by atoms with E-state index in [2.05, 4.69) is 26.4 Å². The summed E-state index contributed by atoms with van der Waals surface area (Å²) < 4.78 is 10.9. The van der Waals surface area contributed by atoms with Crippen molar-refractivity contribution >= 4 is 32.6 Å². The van der Waals surface area contributed by atoms with Gasteiger partial charge in [-0.15, -0.1) is 11.3 Å². The zero-order chi connectivity index (χ0) is 24.6. The van der Waals surface area contributed by atoms with Gasteiger partial charge in [0.25, 0.3) is 0 Å². The molecule has 2 N–H and O–H groups in total. The molecule has 186 valence electrons. The summed E-state index contributed by atoms with van der Waals surface area (Å²) >= 11 is 1.68. The second-order valence-electron chi connectivity index (χ2n) is 9.45. The molecule has 1 fully saturated rings. The lowest BCUT2D eigenvalue weighted by Crippen LogP contribution is -2.42. The molecule has 0 saturated carbocycles. The Hall–Kier alpha value is -3.40. The van der Waals surface area contributed by atoms with Gasteiger partial charge in [0, 0.05) is 38.3 Å². The summed E-state index contributed by atoms with van der Waals surface area (Å²) in [7, 11) is 1.96. The van der Waals surface area contributed by atoms with Crippen LogP contribution in [0.4, 0.5) is 0 Å². The minimum Gasteiger partial charge on any atom is -0.491 e. The van der Waals surface area contributed by atoms with Gasteiger partial charge in [0.2, 0.25) is 0 Å². The standard InChI is InChI=1S/C27H29N5O3S/c1-30-24-11-14-36-26(24)25(29-30)18-5-4-6-21(15-18)35-17-20(33)16-31-12-9-19(10-13-31)32-23-8-3-2-7-22(23)28-27(32)34/h2-8,11,14-15,19-20,33H,9-10,12-13,16-17H2,1H3,(H,28,34). The number of aryl methyl sites for hydroxylation is 1. The Labute approximate surface area is 212 Å². The van der Waals surface area contributed by atoms with Crippen molar-refractivity contribution in [1.29, 1.82) is 0 Å². The predicted molar refractivity (Wildman–Crippen MR) is 143 cm³/mol. The van der Waals surface area contributed by atoms with E-state index in [0.29, 0.717) is 6.54 Å². The predicted octanol–water partition coefficient (Wildman–Crippen LogP) is 4.02. The Balaban J connectivity index is 1.04. The van der Waals surface area contributed by atoms with E-state index in [1.807, 2.05) is 64.8 Å². The Morgan fingerprint density at radius 3 is 2.83 bits per heavy atom. The summed E-state index contributed by atoms with van der Waals surface area (Å²) in [5.41, 5.74) is 4.87. The fourth-order valence-electron chi connectivity index (χ4n) is 5.25. The maximum Gasteiger partial charge on any atom is 0.326 e. The maximum absolute atomic E-state index is 12.5. The number of nitrogens with zero attached hydrogens (tertiary/aromatic N) is 4. The second-order valence-corrected chi connectivity index (χ2v) is 10.4. The largest absolute Gasteiger partial charge is 0.491 e. The Bertz CT molecular complexity index is 1560. The molecule has 0 aliphatic carbocycles. The van der Waals surface area contributed by atoms with Crippen molar-refractivity contribution in [3.8, 4) is 17.0 Å². The van der Waals surface area contributed by atoms with Gasteiger partial charge in [0.15, 0.2) is 0 Å². The zero-order valence-corrected chi connectivity index (χ0v) is 20.9. The van der Waals surface area contributed by atoms with E-state index in [4.69, 9.17) is 4.74 Å². The number of aliphatic hydroxyl groups excluding tert-OH is 1. The Kier molecular flexibility index (Phi) is 6.12. The van der Waals surface area contributed by atoms with E-state index in [-0.39, 0.29) is 18.3 Å². The van der Waals surface area contributed by atoms with Crippen molar-refractivity contribution in [1.82, 2.24) is 24.2 Å². The first-order valence-corrected chi connectivity index (χ1v) is 13.2. The number of fused-ring (bicyclic) bond motifs is 2. The van der Waals surface area contributed by atoms with Gasteiger partial charge in [-0.1, -0.05) is 24.3 Å². The Morgan fingerprint density at radius 2 is 1.97 bits per heavy atom. The summed E-state index contributed by atoms with van der Waals surface area (Å²) in [6.45, 7) is 2.44. The number of hydrogen-bond acceptors (Lipinski definition) is 6. The van der Waals surface area contributed by atoms with E-state index in [9.17, 15) is 9.90 Å². The highest BCUT2D eigenvalue weighted by Crippen LogP contribution is 2.33. The number of aromatic nitrogens is 4. The SMILES string of the molecule is Cn1nc(-c2cccc(OCC(O)CN3CCC(n4c(=O)[nH]c5ccccc54)CC3)c2)c2sccc21. The number of H-pyrrole nitrogens is 1. The molecule has 3 aromatic heterocycles. The molecule has 0 spiro atoms.